The van der Waals surface area contributed by atoms with Crippen molar-refractivity contribution in [3.05, 3.63) is 80.8 Å². The van der Waals surface area contributed by atoms with Crippen molar-refractivity contribution >= 4 is 27.5 Å². The van der Waals surface area contributed by atoms with E-state index in [1.807, 2.05) is 30.3 Å². The van der Waals surface area contributed by atoms with Crippen molar-refractivity contribution in [2.24, 2.45) is 0 Å². The third kappa shape index (κ3) is 2.87. The number of hydrogen-bond acceptors (Lipinski definition) is 3. The molecule has 3 aromatic rings. The van der Waals surface area contributed by atoms with Crippen LogP contribution >= 0.6 is 15.9 Å². The molecule has 3 heterocycles. The maximum atomic E-state index is 13.0. The van der Waals surface area contributed by atoms with Crippen molar-refractivity contribution in [2.75, 3.05) is 6.54 Å². The Morgan fingerprint density at radius 3 is 2.76 bits per heavy atom. The lowest BCUT2D eigenvalue weighted by atomic mass is 10.0. The molecule has 1 amide bonds. The minimum absolute atomic E-state index is 0.00327. The van der Waals surface area contributed by atoms with E-state index in [0.29, 0.717) is 12.2 Å². The number of carbonyl (C=O) groups is 1. The molecule has 1 atom stereocenters. The summed E-state index contributed by atoms with van der Waals surface area (Å²) in [6, 6.07) is 13.3. The van der Waals surface area contributed by atoms with Gasteiger partial charge in [-0.3, -0.25) is 14.0 Å². The predicted octanol–water partition coefficient (Wildman–Crippen LogP) is 3.43. The van der Waals surface area contributed by atoms with Gasteiger partial charge in [-0.1, -0.05) is 34.1 Å². The van der Waals surface area contributed by atoms with Crippen LogP contribution in [0.15, 0.2) is 64.1 Å². The molecular weight excluding hydrogens is 382 g/mol. The summed E-state index contributed by atoms with van der Waals surface area (Å²) in [5.41, 5.74) is 1.42. The van der Waals surface area contributed by atoms with Crippen molar-refractivity contribution in [1.82, 2.24) is 14.3 Å². The Hall–Kier alpha value is -2.47. The zero-order valence-electron chi connectivity index (χ0n) is 13.4. The summed E-state index contributed by atoms with van der Waals surface area (Å²) >= 11 is 3.43. The number of aromatic nitrogens is 2. The number of benzene rings is 1. The van der Waals surface area contributed by atoms with Gasteiger partial charge in [-0.25, -0.2) is 4.98 Å². The highest BCUT2D eigenvalue weighted by Crippen LogP contribution is 2.33. The van der Waals surface area contributed by atoms with Crippen LogP contribution in [0, 0.1) is 0 Å². The standard InChI is InChI=1S/C19H16BrN3O2/c20-14-8-6-13(7-9-14)16-4-3-11-22(16)18(24)15-12-21-17-5-1-2-10-23(17)19(15)25/h1-2,5-10,12,16H,3-4,11H2/t16-/m1/s1. The van der Waals surface area contributed by atoms with E-state index in [0.717, 1.165) is 22.9 Å². The lowest BCUT2D eigenvalue weighted by Gasteiger charge is -2.25. The van der Waals surface area contributed by atoms with Gasteiger partial charge in [-0.15, -0.1) is 0 Å². The Labute approximate surface area is 153 Å². The number of likely N-dealkylation sites (tertiary alicyclic amines) is 1. The summed E-state index contributed by atoms with van der Waals surface area (Å²) in [6.07, 6.45) is 4.86. The van der Waals surface area contributed by atoms with E-state index in [2.05, 4.69) is 20.9 Å². The lowest BCUT2D eigenvalue weighted by Crippen LogP contribution is -2.35. The van der Waals surface area contributed by atoms with E-state index < -0.39 is 0 Å². The first kappa shape index (κ1) is 16.0. The van der Waals surface area contributed by atoms with E-state index in [4.69, 9.17) is 0 Å². The van der Waals surface area contributed by atoms with Crippen molar-refractivity contribution in [2.45, 2.75) is 18.9 Å². The first-order valence-corrected chi connectivity index (χ1v) is 8.97. The summed E-state index contributed by atoms with van der Waals surface area (Å²) in [5, 5.41) is 0. The molecule has 1 aromatic carbocycles. The quantitative estimate of drug-likeness (QED) is 0.665. The van der Waals surface area contributed by atoms with E-state index in [1.165, 1.54) is 10.6 Å². The molecule has 0 N–H and O–H groups in total. The molecule has 126 valence electrons. The van der Waals surface area contributed by atoms with Gasteiger partial charge >= 0.3 is 0 Å². The van der Waals surface area contributed by atoms with E-state index >= 15 is 0 Å². The van der Waals surface area contributed by atoms with Gasteiger partial charge in [0.1, 0.15) is 11.2 Å². The molecule has 4 rings (SSSR count). The normalized spacial score (nSPS) is 17.2. The number of hydrogen-bond donors (Lipinski definition) is 0. The van der Waals surface area contributed by atoms with Crippen LogP contribution in [0.3, 0.4) is 0 Å². The third-order valence-electron chi connectivity index (χ3n) is 4.61. The summed E-state index contributed by atoms with van der Waals surface area (Å²) in [7, 11) is 0. The molecule has 5 nitrogen and oxygen atoms in total. The molecule has 6 heteroatoms. The molecule has 1 fully saturated rings. The van der Waals surface area contributed by atoms with Crippen LogP contribution in [-0.4, -0.2) is 26.7 Å². The second-order valence-electron chi connectivity index (χ2n) is 6.11. The number of nitrogens with zero attached hydrogens (tertiary/aromatic N) is 3. The molecule has 0 bridgehead atoms. The van der Waals surface area contributed by atoms with Gasteiger partial charge in [0.05, 0.1) is 6.04 Å². The number of fused-ring (bicyclic) bond motifs is 1. The van der Waals surface area contributed by atoms with Gasteiger partial charge in [0.2, 0.25) is 0 Å². The van der Waals surface area contributed by atoms with Crippen LogP contribution in [0.25, 0.3) is 5.65 Å². The number of amides is 1. The number of pyridine rings is 1. The van der Waals surface area contributed by atoms with Gasteiger partial charge < -0.3 is 4.90 Å². The summed E-state index contributed by atoms with van der Waals surface area (Å²) in [5.74, 6) is -0.249. The molecule has 0 radical (unpaired) electrons. The van der Waals surface area contributed by atoms with Crippen molar-refractivity contribution in [3.63, 3.8) is 0 Å². The first-order valence-electron chi connectivity index (χ1n) is 8.18. The molecule has 0 saturated carbocycles. The minimum atomic E-state index is -0.322. The van der Waals surface area contributed by atoms with Gasteiger partial charge in [-0.2, -0.15) is 0 Å². The maximum absolute atomic E-state index is 13.0. The van der Waals surface area contributed by atoms with Crippen LogP contribution in [0.1, 0.15) is 34.8 Å². The van der Waals surface area contributed by atoms with E-state index in [-0.39, 0.29) is 23.1 Å². The Kier molecular flexibility index (Phi) is 4.13. The number of rotatable bonds is 2. The first-order chi connectivity index (χ1) is 12.1. The number of carbonyl (C=O) groups excluding carboxylic acids is 1. The topological polar surface area (TPSA) is 54.7 Å². The van der Waals surface area contributed by atoms with Crippen LogP contribution in [0.2, 0.25) is 0 Å². The van der Waals surface area contributed by atoms with Gasteiger partial charge in [0, 0.05) is 23.4 Å². The highest BCUT2D eigenvalue weighted by Gasteiger charge is 2.32. The monoisotopic (exact) mass is 397 g/mol. The fourth-order valence-corrected chi connectivity index (χ4v) is 3.63. The molecule has 25 heavy (non-hydrogen) atoms. The zero-order chi connectivity index (χ0) is 17.4. The highest BCUT2D eigenvalue weighted by molar-refractivity contribution is 9.10. The second kappa shape index (κ2) is 6.44. The van der Waals surface area contributed by atoms with Crippen LogP contribution in [0.4, 0.5) is 0 Å². The van der Waals surface area contributed by atoms with Gasteiger partial charge in [-0.05, 0) is 42.7 Å². The molecule has 0 aliphatic carbocycles. The van der Waals surface area contributed by atoms with E-state index in [9.17, 15) is 9.59 Å². The zero-order valence-corrected chi connectivity index (χ0v) is 15.0. The molecular formula is C19H16BrN3O2. The predicted molar refractivity (Wildman–Crippen MR) is 98.6 cm³/mol. The SMILES string of the molecule is O=C(c1cnc2ccccn2c1=O)N1CCC[C@@H]1c1ccc(Br)cc1. The Morgan fingerprint density at radius 1 is 1.16 bits per heavy atom. The smallest absolute Gasteiger partial charge is 0.270 e. The maximum Gasteiger partial charge on any atom is 0.270 e. The van der Waals surface area contributed by atoms with Crippen LogP contribution in [-0.2, 0) is 0 Å². The largest absolute Gasteiger partial charge is 0.331 e. The van der Waals surface area contributed by atoms with Gasteiger partial charge in [0.15, 0.2) is 0 Å². The molecule has 0 spiro atoms. The Morgan fingerprint density at radius 2 is 1.96 bits per heavy atom. The molecule has 1 aliphatic rings. The summed E-state index contributed by atoms with van der Waals surface area (Å²) in [6.45, 7) is 0.649. The van der Waals surface area contributed by atoms with Crippen molar-refractivity contribution < 1.29 is 4.79 Å². The third-order valence-corrected chi connectivity index (χ3v) is 5.14. The van der Waals surface area contributed by atoms with Crippen LogP contribution in [0.5, 0.6) is 0 Å². The minimum Gasteiger partial charge on any atom is -0.331 e. The summed E-state index contributed by atoms with van der Waals surface area (Å²) < 4.78 is 2.42. The fraction of sp³-hybridized carbons (Fsp3) is 0.211. The average Bonchev–Trinajstić information content (AvgIpc) is 3.12. The molecule has 2 aromatic heterocycles. The second-order valence-corrected chi connectivity index (χ2v) is 7.03. The number of halogens is 1. The molecule has 1 saturated heterocycles. The highest BCUT2D eigenvalue weighted by atomic mass is 79.9. The lowest BCUT2D eigenvalue weighted by molar-refractivity contribution is 0.0733. The van der Waals surface area contributed by atoms with Crippen LogP contribution < -0.4 is 5.56 Å². The fourth-order valence-electron chi connectivity index (χ4n) is 3.37. The molecule has 1 aliphatic heterocycles. The van der Waals surface area contributed by atoms with Crippen molar-refractivity contribution in [1.29, 1.82) is 0 Å². The van der Waals surface area contributed by atoms with Gasteiger partial charge in [0.25, 0.3) is 11.5 Å². The summed E-state index contributed by atoms with van der Waals surface area (Å²) in [4.78, 5) is 31.8. The average molecular weight is 398 g/mol. The van der Waals surface area contributed by atoms with Crippen molar-refractivity contribution in [3.8, 4) is 0 Å². The van der Waals surface area contributed by atoms with E-state index in [1.54, 1.807) is 23.2 Å². The molecule has 0 unspecified atom stereocenters. The Balaban J connectivity index is 1.71. The Bertz CT molecular complexity index is 997.